The summed E-state index contributed by atoms with van der Waals surface area (Å²) < 4.78 is 5.65. The van der Waals surface area contributed by atoms with Crippen molar-refractivity contribution in [2.45, 2.75) is 0 Å². The third kappa shape index (κ3) is 3.29. The summed E-state index contributed by atoms with van der Waals surface area (Å²) in [6.45, 7) is 0. The van der Waals surface area contributed by atoms with Crippen molar-refractivity contribution in [1.82, 2.24) is 0 Å². The Hall–Kier alpha value is -2.17. The third-order valence-corrected chi connectivity index (χ3v) is 2.88. The molecule has 21 heavy (non-hydrogen) atoms. The molecule has 4 nitrogen and oxygen atoms in total. The van der Waals surface area contributed by atoms with Crippen LogP contribution in [0.25, 0.3) is 22.3 Å². The monoisotopic (exact) mass is 326 g/mol. The summed E-state index contributed by atoms with van der Waals surface area (Å²) in [5.41, 5.74) is 1.19. The standard InChI is InChI=1S/C15H10O4.2ClH/c16-10-3-1-9(2-4-10)14-6-5-12-13(18)7-11(17)8-15(12)19-14;;/h1-8H,(H2-,16,17,18);2*1H. The lowest BCUT2D eigenvalue weighted by Gasteiger charge is -1.97. The lowest BCUT2D eigenvalue weighted by molar-refractivity contribution is -0.00000762. The summed E-state index contributed by atoms with van der Waals surface area (Å²) in [6.07, 6.45) is 0. The molecule has 0 unspecified atom stereocenters. The number of hydrogen-bond donors (Lipinski definition) is 3. The van der Waals surface area contributed by atoms with Crippen LogP contribution in [-0.4, -0.2) is 15.3 Å². The second kappa shape index (κ2) is 6.52. The van der Waals surface area contributed by atoms with Gasteiger partial charge in [0.15, 0.2) is 0 Å². The molecule has 0 bridgehead atoms. The predicted octanol–water partition coefficient (Wildman–Crippen LogP) is 0.924. The molecule has 0 saturated carbocycles. The molecule has 1 heterocycles. The van der Waals surface area contributed by atoms with Gasteiger partial charge in [0, 0.05) is 12.1 Å². The van der Waals surface area contributed by atoms with Crippen LogP contribution in [0.3, 0.4) is 0 Å². The van der Waals surface area contributed by atoms with Crippen molar-refractivity contribution in [1.29, 1.82) is 0 Å². The topological polar surface area (TPSA) is 72.0 Å². The summed E-state index contributed by atoms with van der Waals surface area (Å²) in [4.78, 5) is 0. The third-order valence-electron chi connectivity index (χ3n) is 2.88. The fourth-order valence-electron chi connectivity index (χ4n) is 1.94. The van der Waals surface area contributed by atoms with E-state index in [0.29, 0.717) is 16.7 Å². The summed E-state index contributed by atoms with van der Waals surface area (Å²) >= 11 is 0. The molecule has 0 atom stereocenters. The lowest BCUT2D eigenvalue weighted by Crippen LogP contribution is -3.00. The van der Waals surface area contributed by atoms with Crippen molar-refractivity contribution >= 4 is 23.4 Å². The van der Waals surface area contributed by atoms with E-state index in [9.17, 15) is 15.3 Å². The minimum atomic E-state index is -0.0587. The van der Waals surface area contributed by atoms with E-state index in [1.54, 1.807) is 36.4 Å². The number of rotatable bonds is 1. The number of hydrogen-bond acceptors (Lipinski definition) is 3. The fraction of sp³-hybridized carbons (Fsp3) is 0. The van der Waals surface area contributed by atoms with Gasteiger partial charge in [0.1, 0.15) is 22.6 Å². The van der Waals surface area contributed by atoms with Crippen LogP contribution in [0.4, 0.5) is 0 Å². The van der Waals surface area contributed by atoms with E-state index in [1.807, 2.05) is 0 Å². The second-order valence-corrected chi connectivity index (χ2v) is 4.22. The fourth-order valence-corrected chi connectivity index (χ4v) is 1.94. The second-order valence-electron chi connectivity index (χ2n) is 4.22. The van der Waals surface area contributed by atoms with Crippen molar-refractivity contribution in [3.05, 3.63) is 48.5 Å². The Morgan fingerprint density at radius 2 is 1.43 bits per heavy atom. The first-order valence-corrected chi connectivity index (χ1v) is 5.72. The van der Waals surface area contributed by atoms with E-state index in [2.05, 4.69) is 0 Å². The molecule has 1 aromatic heterocycles. The number of halogens is 2. The van der Waals surface area contributed by atoms with E-state index in [0.717, 1.165) is 5.56 Å². The molecule has 3 N–H and O–H groups in total. The number of phenolic OH excluding ortho intramolecular Hbond substituents is 3. The van der Waals surface area contributed by atoms with Crippen LogP contribution in [0.15, 0.2) is 52.9 Å². The summed E-state index contributed by atoms with van der Waals surface area (Å²) in [5, 5.41) is 28.9. The van der Waals surface area contributed by atoms with Gasteiger partial charge in [-0.3, -0.25) is 0 Å². The van der Waals surface area contributed by atoms with Crippen LogP contribution in [0.5, 0.6) is 17.2 Å². The first-order chi connectivity index (χ1) is 9.13. The van der Waals surface area contributed by atoms with Gasteiger partial charge in [-0.25, -0.2) is 4.42 Å². The van der Waals surface area contributed by atoms with Crippen LogP contribution in [0.1, 0.15) is 0 Å². The van der Waals surface area contributed by atoms with Crippen molar-refractivity contribution in [2.24, 2.45) is 0 Å². The molecule has 0 amide bonds. The van der Waals surface area contributed by atoms with Gasteiger partial charge in [-0.1, -0.05) is 0 Å². The zero-order chi connectivity index (χ0) is 13.4. The Bertz CT molecular complexity index is 757. The lowest BCUT2D eigenvalue weighted by atomic mass is 10.1. The SMILES string of the molecule is Cl.Oc1ccc(-c2ccc3c(O)cc(O)cc3[o+]2)cc1.[Cl-]. The highest BCUT2D eigenvalue weighted by atomic mass is 35.5. The van der Waals surface area contributed by atoms with Gasteiger partial charge in [-0.05, 0) is 30.3 Å². The number of phenols is 3. The molecule has 110 valence electrons. The maximum atomic E-state index is 9.70. The zero-order valence-electron chi connectivity index (χ0n) is 10.7. The predicted molar refractivity (Wildman–Crippen MR) is 78.3 cm³/mol. The molecule has 0 aliphatic carbocycles. The van der Waals surface area contributed by atoms with E-state index in [4.69, 9.17) is 4.42 Å². The van der Waals surface area contributed by atoms with Crippen molar-refractivity contribution in [3.8, 4) is 28.6 Å². The van der Waals surface area contributed by atoms with Gasteiger partial charge < -0.3 is 27.7 Å². The van der Waals surface area contributed by atoms with Gasteiger partial charge in [0.05, 0.1) is 11.6 Å². The van der Waals surface area contributed by atoms with E-state index >= 15 is 0 Å². The smallest absolute Gasteiger partial charge is 0.368 e. The highest BCUT2D eigenvalue weighted by Crippen LogP contribution is 2.33. The molecule has 0 spiro atoms. The van der Waals surface area contributed by atoms with Gasteiger partial charge in [-0.15, -0.1) is 12.4 Å². The van der Waals surface area contributed by atoms with Gasteiger partial charge >= 0.3 is 11.3 Å². The zero-order valence-corrected chi connectivity index (χ0v) is 12.2. The van der Waals surface area contributed by atoms with Gasteiger partial charge in [-0.2, -0.15) is 0 Å². The molecule has 0 saturated heterocycles. The molecular weight excluding hydrogens is 315 g/mol. The number of benzene rings is 2. The average molecular weight is 327 g/mol. The molecular formula is C15H12Cl2O4. The van der Waals surface area contributed by atoms with Crippen LogP contribution in [0, 0.1) is 0 Å². The maximum Gasteiger partial charge on any atom is 0.368 e. The van der Waals surface area contributed by atoms with Crippen LogP contribution < -0.4 is 12.4 Å². The molecule has 2 aromatic carbocycles. The quantitative estimate of drug-likeness (QED) is 0.582. The number of aromatic hydroxyl groups is 3. The highest BCUT2D eigenvalue weighted by Gasteiger charge is 2.17. The van der Waals surface area contributed by atoms with Gasteiger partial charge in [0.2, 0.25) is 0 Å². The van der Waals surface area contributed by atoms with Crippen LogP contribution in [0.2, 0.25) is 0 Å². The van der Waals surface area contributed by atoms with Crippen LogP contribution in [-0.2, 0) is 0 Å². The van der Waals surface area contributed by atoms with E-state index < -0.39 is 0 Å². The maximum absolute atomic E-state index is 9.70. The molecule has 0 aliphatic rings. The Morgan fingerprint density at radius 3 is 2.10 bits per heavy atom. The highest BCUT2D eigenvalue weighted by molar-refractivity contribution is 5.86. The van der Waals surface area contributed by atoms with Crippen molar-refractivity contribution in [3.63, 3.8) is 0 Å². The first kappa shape index (κ1) is 16.9. The Morgan fingerprint density at radius 1 is 0.762 bits per heavy atom. The summed E-state index contributed by atoms with van der Waals surface area (Å²) in [5.74, 6) is 0.671. The van der Waals surface area contributed by atoms with Gasteiger partial charge in [0.25, 0.3) is 0 Å². The first-order valence-electron chi connectivity index (χ1n) is 5.72. The summed E-state index contributed by atoms with van der Waals surface area (Å²) in [7, 11) is 0. The van der Waals surface area contributed by atoms with Crippen LogP contribution >= 0.6 is 12.4 Å². The Balaban J connectivity index is 0.00000110. The van der Waals surface area contributed by atoms with E-state index in [1.165, 1.54) is 12.1 Å². The largest absolute Gasteiger partial charge is 1.00 e. The Labute approximate surface area is 133 Å². The number of fused-ring (bicyclic) bond motifs is 1. The van der Waals surface area contributed by atoms with Crippen molar-refractivity contribution in [2.75, 3.05) is 0 Å². The molecule has 3 rings (SSSR count). The minimum Gasteiger partial charge on any atom is -1.00 e. The molecule has 6 heteroatoms. The minimum absolute atomic E-state index is 0. The normalized spacial score (nSPS) is 9.71. The summed E-state index contributed by atoms with van der Waals surface area (Å²) in [6, 6.07) is 12.7. The Kier molecular flexibility index (Phi) is 5.24. The average Bonchev–Trinajstić information content (AvgIpc) is 2.38. The molecule has 0 fully saturated rings. The van der Waals surface area contributed by atoms with Crippen molar-refractivity contribution < 1.29 is 32.1 Å². The van der Waals surface area contributed by atoms with E-state index in [-0.39, 0.29) is 42.1 Å². The molecule has 0 aliphatic heterocycles. The molecule has 0 radical (unpaired) electrons. The molecule has 3 aromatic rings.